The van der Waals surface area contributed by atoms with Gasteiger partial charge in [0.25, 0.3) is 0 Å². The Bertz CT molecular complexity index is 772. The SMILES string of the molecule is CCCC/C(F)=C(/F)c1ccc(C#Cc2ccc(CCCC)cc2)cc1. The fraction of sp³-hybridized carbons (Fsp3) is 0.333. The smallest absolute Gasteiger partial charge is 0.161 e. The Labute approximate surface area is 156 Å². The number of halogens is 2. The van der Waals surface area contributed by atoms with Gasteiger partial charge in [-0.05, 0) is 49.1 Å². The van der Waals surface area contributed by atoms with E-state index >= 15 is 0 Å². The zero-order chi connectivity index (χ0) is 18.8. The summed E-state index contributed by atoms with van der Waals surface area (Å²) < 4.78 is 27.8. The molecule has 0 N–H and O–H groups in total. The third kappa shape index (κ3) is 6.15. The van der Waals surface area contributed by atoms with Crippen molar-refractivity contribution in [2.75, 3.05) is 0 Å². The molecule has 0 radical (unpaired) electrons. The predicted molar refractivity (Wildman–Crippen MR) is 106 cm³/mol. The van der Waals surface area contributed by atoms with Gasteiger partial charge in [0.2, 0.25) is 0 Å². The van der Waals surface area contributed by atoms with Gasteiger partial charge in [-0.3, -0.25) is 0 Å². The molecule has 0 aliphatic rings. The molecule has 26 heavy (non-hydrogen) atoms. The maximum Gasteiger partial charge on any atom is 0.161 e. The lowest BCUT2D eigenvalue weighted by Gasteiger charge is -2.01. The van der Waals surface area contributed by atoms with E-state index in [0.29, 0.717) is 6.42 Å². The van der Waals surface area contributed by atoms with Crippen molar-refractivity contribution in [3.63, 3.8) is 0 Å². The Balaban J connectivity index is 2.04. The lowest BCUT2D eigenvalue weighted by molar-refractivity contribution is 0.548. The fourth-order valence-corrected chi connectivity index (χ4v) is 2.58. The summed E-state index contributed by atoms with van der Waals surface area (Å²) in [7, 11) is 0. The van der Waals surface area contributed by atoms with E-state index in [1.54, 1.807) is 24.3 Å². The first-order valence-corrected chi connectivity index (χ1v) is 9.39. The average Bonchev–Trinajstić information content (AvgIpc) is 2.69. The van der Waals surface area contributed by atoms with Crippen molar-refractivity contribution in [3.05, 3.63) is 76.6 Å². The maximum absolute atomic E-state index is 14.0. The number of rotatable bonds is 7. The molecule has 2 aromatic carbocycles. The molecule has 0 spiro atoms. The van der Waals surface area contributed by atoms with Gasteiger partial charge in [-0.25, -0.2) is 8.78 Å². The van der Waals surface area contributed by atoms with Crippen molar-refractivity contribution in [2.24, 2.45) is 0 Å². The normalized spacial score (nSPS) is 11.5. The highest BCUT2D eigenvalue weighted by Crippen LogP contribution is 2.24. The molecule has 0 aliphatic heterocycles. The van der Waals surface area contributed by atoms with Gasteiger partial charge in [0.1, 0.15) is 5.83 Å². The van der Waals surface area contributed by atoms with E-state index in [4.69, 9.17) is 0 Å². The van der Waals surface area contributed by atoms with Crippen LogP contribution in [0, 0.1) is 11.8 Å². The van der Waals surface area contributed by atoms with Crippen LogP contribution in [0.25, 0.3) is 5.83 Å². The Morgan fingerprint density at radius 2 is 1.31 bits per heavy atom. The van der Waals surface area contributed by atoms with Crippen molar-refractivity contribution >= 4 is 5.83 Å². The molecular formula is C24H26F2. The molecule has 2 aromatic rings. The van der Waals surface area contributed by atoms with Crippen LogP contribution in [0.5, 0.6) is 0 Å². The maximum atomic E-state index is 14.0. The minimum Gasteiger partial charge on any atom is -0.209 e. The second kappa shape index (κ2) is 10.6. The van der Waals surface area contributed by atoms with Crippen LogP contribution in [0.3, 0.4) is 0 Å². The molecule has 0 aliphatic carbocycles. The standard InChI is InChI=1S/C24H26F2/c1-3-5-7-19-9-11-20(12-10-19)13-14-21-15-17-22(18-16-21)24(26)23(25)8-6-4-2/h9-12,15-18H,3-8H2,1-2H3/b24-23-. The third-order valence-electron chi connectivity index (χ3n) is 4.25. The van der Waals surface area contributed by atoms with E-state index in [2.05, 4.69) is 30.9 Å². The second-order valence-electron chi connectivity index (χ2n) is 6.45. The van der Waals surface area contributed by atoms with Gasteiger partial charge in [-0.15, -0.1) is 0 Å². The molecule has 0 heterocycles. The minimum absolute atomic E-state index is 0.151. The van der Waals surface area contributed by atoms with E-state index < -0.39 is 11.7 Å². The molecule has 0 unspecified atom stereocenters. The molecular weight excluding hydrogens is 326 g/mol. The molecule has 0 bridgehead atoms. The van der Waals surface area contributed by atoms with Crippen LogP contribution >= 0.6 is 0 Å². The van der Waals surface area contributed by atoms with Gasteiger partial charge in [0.15, 0.2) is 5.83 Å². The molecule has 0 atom stereocenters. The van der Waals surface area contributed by atoms with Gasteiger partial charge in [0, 0.05) is 23.1 Å². The highest BCUT2D eigenvalue weighted by molar-refractivity contribution is 5.62. The summed E-state index contributed by atoms with van der Waals surface area (Å²) in [5.41, 5.74) is 3.33. The summed E-state index contributed by atoms with van der Waals surface area (Å²) in [4.78, 5) is 0. The molecule has 0 amide bonds. The number of aryl methyl sites for hydroxylation is 1. The van der Waals surface area contributed by atoms with Crippen LogP contribution in [0.2, 0.25) is 0 Å². The zero-order valence-corrected chi connectivity index (χ0v) is 15.6. The van der Waals surface area contributed by atoms with Crippen molar-refractivity contribution in [1.29, 1.82) is 0 Å². The van der Waals surface area contributed by atoms with Crippen LogP contribution in [-0.2, 0) is 6.42 Å². The summed E-state index contributed by atoms with van der Waals surface area (Å²) in [6.07, 6.45) is 5.13. The van der Waals surface area contributed by atoms with Gasteiger partial charge in [0.05, 0.1) is 0 Å². The van der Waals surface area contributed by atoms with Gasteiger partial charge in [-0.2, -0.15) is 0 Å². The molecule has 0 nitrogen and oxygen atoms in total. The van der Waals surface area contributed by atoms with Crippen LogP contribution < -0.4 is 0 Å². The van der Waals surface area contributed by atoms with Crippen LogP contribution in [0.1, 0.15) is 68.2 Å². The molecule has 2 rings (SSSR count). The fourth-order valence-electron chi connectivity index (χ4n) is 2.58. The van der Waals surface area contributed by atoms with E-state index in [9.17, 15) is 8.78 Å². The van der Waals surface area contributed by atoms with Crippen molar-refractivity contribution in [3.8, 4) is 11.8 Å². The number of allylic oxidation sites excluding steroid dienone is 1. The quantitative estimate of drug-likeness (QED) is 0.461. The largest absolute Gasteiger partial charge is 0.209 e. The second-order valence-corrected chi connectivity index (χ2v) is 6.45. The first kappa shape index (κ1) is 19.9. The van der Waals surface area contributed by atoms with E-state index in [0.717, 1.165) is 24.0 Å². The molecule has 2 heteroatoms. The molecule has 0 aromatic heterocycles. The van der Waals surface area contributed by atoms with E-state index in [-0.39, 0.29) is 12.0 Å². The van der Waals surface area contributed by atoms with E-state index in [1.165, 1.54) is 18.4 Å². The highest BCUT2D eigenvalue weighted by Gasteiger charge is 2.08. The average molecular weight is 352 g/mol. The molecule has 0 saturated carbocycles. The first-order chi connectivity index (χ1) is 12.6. The topological polar surface area (TPSA) is 0 Å². The number of unbranched alkanes of at least 4 members (excludes halogenated alkanes) is 2. The third-order valence-corrected chi connectivity index (χ3v) is 4.25. The molecule has 136 valence electrons. The van der Waals surface area contributed by atoms with Gasteiger partial charge in [-0.1, -0.05) is 62.8 Å². The van der Waals surface area contributed by atoms with Crippen LogP contribution in [0.15, 0.2) is 54.4 Å². The van der Waals surface area contributed by atoms with E-state index in [1.807, 2.05) is 19.1 Å². The lowest BCUT2D eigenvalue weighted by atomic mass is 10.1. The van der Waals surface area contributed by atoms with Crippen LogP contribution in [-0.4, -0.2) is 0 Å². The summed E-state index contributed by atoms with van der Waals surface area (Å²) in [6, 6.07) is 14.9. The summed E-state index contributed by atoms with van der Waals surface area (Å²) in [6.45, 7) is 4.14. The number of hydrogen-bond donors (Lipinski definition) is 0. The first-order valence-electron chi connectivity index (χ1n) is 9.39. The van der Waals surface area contributed by atoms with Crippen LogP contribution in [0.4, 0.5) is 8.78 Å². The zero-order valence-electron chi connectivity index (χ0n) is 15.6. The monoisotopic (exact) mass is 352 g/mol. The Hall–Kier alpha value is -2.40. The Morgan fingerprint density at radius 1 is 0.769 bits per heavy atom. The summed E-state index contributed by atoms with van der Waals surface area (Å²) in [5.74, 6) is 4.75. The highest BCUT2D eigenvalue weighted by atomic mass is 19.2. The predicted octanol–water partition coefficient (Wildman–Crippen LogP) is 7.23. The van der Waals surface area contributed by atoms with Crippen molar-refractivity contribution in [1.82, 2.24) is 0 Å². The van der Waals surface area contributed by atoms with Gasteiger partial charge < -0.3 is 0 Å². The molecule has 0 fully saturated rings. The number of benzene rings is 2. The minimum atomic E-state index is -0.763. The summed E-state index contributed by atoms with van der Waals surface area (Å²) in [5, 5.41) is 0. The van der Waals surface area contributed by atoms with Gasteiger partial charge >= 0.3 is 0 Å². The lowest BCUT2D eigenvalue weighted by Crippen LogP contribution is -1.86. The Kier molecular flexibility index (Phi) is 8.09. The van der Waals surface area contributed by atoms with Crippen molar-refractivity contribution in [2.45, 2.75) is 52.4 Å². The van der Waals surface area contributed by atoms with Crippen molar-refractivity contribution < 1.29 is 8.78 Å². The Morgan fingerprint density at radius 3 is 1.85 bits per heavy atom. The molecule has 0 saturated heterocycles. The summed E-state index contributed by atoms with van der Waals surface area (Å²) >= 11 is 0. The number of hydrogen-bond acceptors (Lipinski definition) is 0.